The van der Waals surface area contributed by atoms with Crippen LogP contribution in [0.5, 0.6) is 0 Å². The second-order valence-electron chi connectivity index (χ2n) is 7.84. The molecule has 3 heterocycles. The topological polar surface area (TPSA) is 74.0 Å². The van der Waals surface area contributed by atoms with Crippen molar-refractivity contribution in [3.63, 3.8) is 0 Å². The van der Waals surface area contributed by atoms with Gasteiger partial charge in [0.15, 0.2) is 0 Å². The first-order chi connectivity index (χ1) is 11.5. The van der Waals surface area contributed by atoms with Gasteiger partial charge in [0.25, 0.3) is 0 Å². The fourth-order valence-electron chi connectivity index (χ4n) is 3.78. The van der Waals surface area contributed by atoms with E-state index in [0.29, 0.717) is 0 Å². The highest BCUT2D eigenvalue weighted by molar-refractivity contribution is 5.58. The van der Waals surface area contributed by atoms with Gasteiger partial charge in [-0.05, 0) is 51.2 Å². The fraction of sp³-hybridized carbons (Fsp3) is 0.500. The molecule has 1 atom stereocenters. The highest BCUT2D eigenvalue weighted by Crippen LogP contribution is 2.43. The smallest absolute Gasteiger partial charge is 0.103 e. The van der Waals surface area contributed by atoms with Gasteiger partial charge in [0.2, 0.25) is 0 Å². The number of fused-ring (bicyclic) bond motifs is 3. The lowest BCUT2D eigenvalue weighted by Gasteiger charge is -2.31. The summed E-state index contributed by atoms with van der Waals surface area (Å²) in [6, 6.07) is 4.28. The van der Waals surface area contributed by atoms with E-state index in [4.69, 9.17) is 10.8 Å². The Labute approximate surface area is 140 Å². The third-order valence-electron chi connectivity index (χ3n) is 5.79. The Hall–Kier alpha value is -2.21. The molecule has 3 aromatic rings. The molecule has 2 N–H and O–H groups in total. The molecule has 2 aliphatic rings. The van der Waals surface area contributed by atoms with Gasteiger partial charge in [0.1, 0.15) is 5.69 Å². The lowest BCUT2D eigenvalue weighted by atomic mass is 9.79. The summed E-state index contributed by atoms with van der Waals surface area (Å²) in [5.41, 5.74) is 12.2. The molecular weight excluding hydrogens is 300 g/mol. The number of aryl methyl sites for hydroxylation is 2. The Morgan fingerprint density at radius 2 is 2.00 bits per heavy atom. The Morgan fingerprint density at radius 3 is 2.79 bits per heavy atom. The lowest BCUT2D eigenvalue weighted by Crippen LogP contribution is -2.42. The van der Waals surface area contributed by atoms with Crippen LogP contribution in [0.2, 0.25) is 0 Å². The number of nitrogens with two attached hydrogens (primary N) is 1. The Kier molecular flexibility index (Phi) is 2.62. The zero-order valence-electron chi connectivity index (χ0n) is 14.2. The van der Waals surface area contributed by atoms with Crippen molar-refractivity contribution < 1.29 is 0 Å². The van der Waals surface area contributed by atoms with Crippen molar-refractivity contribution in [3.8, 4) is 0 Å². The summed E-state index contributed by atoms with van der Waals surface area (Å²) >= 11 is 0. The highest BCUT2D eigenvalue weighted by Gasteiger charge is 2.43. The van der Waals surface area contributed by atoms with Gasteiger partial charge >= 0.3 is 0 Å². The summed E-state index contributed by atoms with van der Waals surface area (Å²) in [5.74, 6) is 0. The molecule has 0 amide bonds. The van der Waals surface area contributed by atoms with Crippen LogP contribution in [-0.2, 0) is 23.9 Å². The molecule has 1 unspecified atom stereocenters. The zero-order valence-corrected chi connectivity index (χ0v) is 14.2. The van der Waals surface area contributed by atoms with Crippen LogP contribution in [0.25, 0.3) is 5.52 Å². The maximum Gasteiger partial charge on any atom is 0.103 e. The highest BCUT2D eigenvalue weighted by atomic mass is 15.5. The molecule has 5 rings (SSSR count). The molecule has 1 fully saturated rings. The third kappa shape index (κ3) is 1.95. The van der Waals surface area contributed by atoms with Gasteiger partial charge in [-0.3, -0.25) is 0 Å². The summed E-state index contributed by atoms with van der Waals surface area (Å²) in [6.45, 7) is 4.31. The minimum atomic E-state index is -0.453. The van der Waals surface area contributed by atoms with Crippen molar-refractivity contribution in [2.75, 3.05) is 0 Å². The van der Waals surface area contributed by atoms with Crippen LogP contribution in [0.1, 0.15) is 48.7 Å². The van der Waals surface area contributed by atoms with Crippen molar-refractivity contribution in [1.29, 1.82) is 0 Å². The van der Waals surface area contributed by atoms with Gasteiger partial charge in [-0.2, -0.15) is 5.10 Å². The standard InChI is InChI=1S/C18H22N6/c1-12-3-4-15-13-9-18(19,6-5-14(13)21-23(15)10-12)16-11-24(22-20-16)17(2)7-8-17/h3-4,10-11H,5-9,19H2,1-2H3. The van der Waals surface area contributed by atoms with E-state index in [9.17, 15) is 0 Å². The molecule has 1 saturated carbocycles. The summed E-state index contributed by atoms with van der Waals surface area (Å²) in [5, 5.41) is 13.5. The first-order valence-corrected chi connectivity index (χ1v) is 8.66. The van der Waals surface area contributed by atoms with E-state index in [-0.39, 0.29) is 5.54 Å². The van der Waals surface area contributed by atoms with E-state index in [1.807, 2.05) is 9.20 Å². The van der Waals surface area contributed by atoms with E-state index in [0.717, 1.165) is 30.5 Å². The predicted molar refractivity (Wildman–Crippen MR) is 90.7 cm³/mol. The van der Waals surface area contributed by atoms with Crippen LogP contribution < -0.4 is 5.73 Å². The van der Waals surface area contributed by atoms with E-state index in [1.165, 1.54) is 29.7 Å². The summed E-state index contributed by atoms with van der Waals surface area (Å²) in [6.07, 6.45) is 9.00. The molecule has 2 aliphatic carbocycles. The lowest BCUT2D eigenvalue weighted by molar-refractivity contribution is 0.373. The van der Waals surface area contributed by atoms with Crippen LogP contribution in [0.3, 0.4) is 0 Å². The average molecular weight is 322 g/mol. The van der Waals surface area contributed by atoms with Gasteiger partial charge < -0.3 is 5.73 Å². The molecule has 0 bridgehead atoms. The van der Waals surface area contributed by atoms with E-state index in [2.05, 4.69) is 48.7 Å². The fourth-order valence-corrected chi connectivity index (χ4v) is 3.78. The van der Waals surface area contributed by atoms with Crippen LogP contribution in [0.4, 0.5) is 0 Å². The van der Waals surface area contributed by atoms with Crippen molar-refractivity contribution in [3.05, 3.63) is 47.0 Å². The summed E-state index contributed by atoms with van der Waals surface area (Å²) in [4.78, 5) is 0. The maximum atomic E-state index is 6.80. The largest absolute Gasteiger partial charge is 0.320 e. The third-order valence-corrected chi connectivity index (χ3v) is 5.79. The van der Waals surface area contributed by atoms with Crippen LogP contribution in [0, 0.1) is 6.92 Å². The van der Waals surface area contributed by atoms with Gasteiger partial charge in [-0.1, -0.05) is 11.3 Å². The summed E-state index contributed by atoms with van der Waals surface area (Å²) in [7, 11) is 0. The quantitative estimate of drug-likeness (QED) is 0.784. The number of hydrogen-bond donors (Lipinski definition) is 1. The Bertz CT molecular complexity index is 948. The number of aromatic nitrogens is 5. The van der Waals surface area contributed by atoms with E-state index < -0.39 is 5.54 Å². The van der Waals surface area contributed by atoms with Gasteiger partial charge in [0, 0.05) is 18.2 Å². The molecule has 24 heavy (non-hydrogen) atoms. The SMILES string of the molecule is Cc1ccc2c3c(nn2c1)CCC(N)(c1cn(C2(C)CC2)nn1)C3. The first kappa shape index (κ1) is 14.2. The molecule has 0 saturated heterocycles. The normalized spacial score (nSPS) is 25.0. The second-order valence-corrected chi connectivity index (χ2v) is 7.84. The molecule has 0 aromatic carbocycles. The van der Waals surface area contributed by atoms with Crippen molar-refractivity contribution in [2.45, 2.75) is 57.0 Å². The second kappa shape index (κ2) is 4.45. The first-order valence-electron chi connectivity index (χ1n) is 8.66. The van der Waals surface area contributed by atoms with E-state index >= 15 is 0 Å². The van der Waals surface area contributed by atoms with Crippen LogP contribution in [-0.4, -0.2) is 24.6 Å². The van der Waals surface area contributed by atoms with Gasteiger partial charge in [-0.25, -0.2) is 9.20 Å². The number of rotatable bonds is 2. The number of nitrogens with zero attached hydrogens (tertiary/aromatic N) is 5. The molecule has 0 spiro atoms. The van der Waals surface area contributed by atoms with Crippen molar-refractivity contribution in [2.24, 2.45) is 5.73 Å². The van der Waals surface area contributed by atoms with Crippen LogP contribution in [0.15, 0.2) is 24.5 Å². The zero-order chi connectivity index (χ0) is 16.5. The van der Waals surface area contributed by atoms with Gasteiger partial charge in [-0.15, -0.1) is 5.10 Å². The minimum absolute atomic E-state index is 0.156. The predicted octanol–water partition coefficient (Wildman–Crippen LogP) is 2.09. The minimum Gasteiger partial charge on any atom is -0.320 e. The monoisotopic (exact) mass is 322 g/mol. The average Bonchev–Trinajstić information content (AvgIpc) is 3.01. The molecule has 6 heteroatoms. The van der Waals surface area contributed by atoms with Crippen molar-refractivity contribution in [1.82, 2.24) is 24.6 Å². The van der Waals surface area contributed by atoms with Crippen LogP contribution >= 0.6 is 0 Å². The molecule has 0 aliphatic heterocycles. The molecule has 6 nitrogen and oxygen atoms in total. The molecule has 0 radical (unpaired) electrons. The van der Waals surface area contributed by atoms with E-state index in [1.54, 1.807) is 0 Å². The number of pyridine rings is 1. The maximum absolute atomic E-state index is 6.80. The van der Waals surface area contributed by atoms with Gasteiger partial charge in [0.05, 0.1) is 28.5 Å². The Balaban J connectivity index is 1.55. The summed E-state index contributed by atoms with van der Waals surface area (Å²) < 4.78 is 4.00. The molecular formula is C18H22N6. The number of hydrogen-bond acceptors (Lipinski definition) is 4. The molecule has 3 aromatic heterocycles. The Morgan fingerprint density at radius 1 is 1.17 bits per heavy atom. The van der Waals surface area contributed by atoms with Crippen molar-refractivity contribution >= 4 is 5.52 Å². The molecule has 124 valence electrons.